The molecule has 0 bridgehead atoms. The lowest BCUT2D eigenvalue weighted by Crippen LogP contribution is -2.42. The Kier molecular flexibility index (Phi) is 8.39. The third kappa shape index (κ3) is 4.03. The number of fused-ring (bicyclic) bond motifs is 3. The largest absolute Gasteiger partial charge is 0.330 e. The standard InChI is InChI=1S/C22H29N5.3ClH/c1-15-2-4-18-20(15)21(26-14-25-18)27-13-22(7-10-24-11-8-22)17-12-16(6-9-23)3-5-19(17)27;;;/h3,5,12,14-15,24H,2,4,6-11,13,23H2,1H3;3*1H. The molecule has 1 spiro atoms. The van der Waals surface area contributed by atoms with Crippen molar-refractivity contribution in [3.8, 4) is 0 Å². The van der Waals surface area contributed by atoms with Gasteiger partial charge in [-0.25, -0.2) is 9.97 Å². The predicted molar refractivity (Wildman–Crippen MR) is 131 cm³/mol. The summed E-state index contributed by atoms with van der Waals surface area (Å²) in [5.41, 5.74) is 12.9. The fraction of sp³-hybridized carbons (Fsp3) is 0.545. The second kappa shape index (κ2) is 10.0. The molecule has 1 saturated heterocycles. The van der Waals surface area contributed by atoms with Crippen LogP contribution in [0.2, 0.25) is 0 Å². The maximum absolute atomic E-state index is 5.83. The minimum atomic E-state index is 0. The van der Waals surface area contributed by atoms with E-state index in [1.165, 1.54) is 47.3 Å². The molecule has 166 valence electrons. The average molecular weight is 473 g/mol. The van der Waals surface area contributed by atoms with Gasteiger partial charge in [0.2, 0.25) is 0 Å². The van der Waals surface area contributed by atoms with E-state index in [2.05, 4.69) is 40.3 Å². The molecule has 30 heavy (non-hydrogen) atoms. The van der Waals surface area contributed by atoms with Gasteiger partial charge < -0.3 is 16.0 Å². The van der Waals surface area contributed by atoms with Crippen LogP contribution in [0.15, 0.2) is 24.5 Å². The molecule has 2 aromatic rings. The number of hydrogen-bond donors (Lipinski definition) is 2. The Labute approximate surface area is 197 Å². The third-order valence-corrected chi connectivity index (χ3v) is 6.89. The number of nitrogens with zero attached hydrogens (tertiary/aromatic N) is 3. The van der Waals surface area contributed by atoms with E-state index in [9.17, 15) is 0 Å². The SMILES string of the molecule is CC1CCc2ncnc(N3CC4(CCNCC4)c4cc(CCN)ccc43)c21.Cl.Cl.Cl. The minimum Gasteiger partial charge on any atom is -0.330 e. The van der Waals surface area contributed by atoms with E-state index in [1.54, 1.807) is 6.33 Å². The van der Waals surface area contributed by atoms with Crippen LogP contribution in [-0.4, -0.2) is 36.1 Å². The number of rotatable bonds is 3. The fourth-order valence-corrected chi connectivity index (χ4v) is 5.40. The summed E-state index contributed by atoms with van der Waals surface area (Å²) in [6, 6.07) is 6.99. The van der Waals surface area contributed by atoms with Crippen molar-refractivity contribution in [3.05, 3.63) is 46.9 Å². The number of halogens is 3. The molecule has 1 unspecified atom stereocenters. The van der Waals surface area contributed by atoms with Gasteiger partial charge in [0.15, 0.2) is 0 Å². The van der Waals surface area contributed by atoms with Crippen molar-refractivity contribution in [3.63, 3.8) is 0 Å². The molecule has 1 aliphatic carbocycles. The van der Waals surface area contributed by atoms with Crippen LogP contribution in [0, 0.1) is 0 Å². The first-order valence-electron chi connectivity index (χ1n) is 10.4. The molecule has 0 amide bonds. The first-order chi connectivity index (χ1) is 13.2. The number of anilines is 2. The summed E-state index contributed by atoms with van der Waals surface area (Å²) in [6.45, 7) is 6.24. The lowest BCUT2D eigenvalue weighted by Gasteiger charge is -2.35. The minimum absolute atomic E-state index is 0. The van der Waals surface area contributed by atoms with Crippen LogP contribution in [0.3, 0.4) is 0 Å². The average Bonchev–Trinajstić information content (AvgIpc) is 3.22. The maximum atomic E-state index is 5.83. The first-order valence-corrected chi connectivity index (χ1v) is 10.4. The van der Waals surface area contributed by atoms with Gasteiger partial charge in [-0.1, -0.05) is 19.1 Å². The van der Waals surface area contributed by atoms with Crippen LogP contribution in [0.5, 0.6) is 0 Å². The molecule has 1 aromatic heterocycles. The zero-order valence-electron chi connectivity index (χ0n) is 17.4. The molecule has 1 aromatic carbocycles. The monoisotopic (exact) mass is 471 g/mol. The highest BCUT2D eigenvalue weighted by molar-refractivity contribution is 5.86. The molecule has 0 saturated carbocycles. The molecular formula is C22H32Cl3N5. The van der Waals surface area contributed by atoms with Gasteiger partial charge in [0, 0.05) is 28.9 Å². The highest BCUT2D eigenvalue weighted by Gasteiger charge is 2.45. The summed E-state index contributed by atoms with van der Waals surface area (Å²) in [6.07, 6.45) is 7.35. The van der Waals surface area contributed by atoms with Gasteiger partial charge in [0.1, 0.15) is 12.1 Å². The molecule has 5 nitrogen and oxygen atoms in total. The Morgan fingerprint density at radius 3 is 2.67 bits per heavy atom. The normalized spacial score (nSPS) is 20.6. The molecule has 5 rings (SSSR count). The van der Waals surface area contributed by atoms with Crippen molar-refractivity contribution in [2.75, 3.05) is 31.1 Å². The first kappa shape index (κ1) is 25.2. The van der Waals surface area contributed by atoms with Gasteiger partial charge in [-0.3, -0.25) is 0 Å². The summed E-state index contributed by atoms with van der Waals surface area (Å²) in [4.78, 5) is 11.9. The van der Waals surface area contributed by atoms with Crippen molar-refractivity contribution < 1.29 is 0 Å². The maximum Gasteiger partial charge on any atom is 0.140 e. The molecule has 2 aliphatic heterocycles. The highest BCUT2D eigenvalue weighted by atomic mass is 35.5. The lowest BCUT2D eigenvalue weighted by atomic mass is 9.74. The summed E-state index contributed by atoms with van der Waals surface area (Å²) in [5.74, 6) is 1.69. The van der Waals surface area contributed by atoms with Crippen LogP contribution < -0.4 is 16.0 Å². The van der Waals surface area contributed by atoms with Crippen molar-refractivity contribution in [1.29, 1.82) is 0 Å². The van der Waals surface area contributed by atoms with Crippen LogP contribution in [-0.2, 0) is 18.3 Å². The van der Waals surface area contributed by atoms with E-state index in [1.807, 2.05) is 0 Å². The van der Waals surface area contributed by atoms with Gasteiger partial charge in [-0.05, 0) is 74.8 Å². The topological polar surface area (TPSA) is 67.1 Å². The van der Waals surface area contributed by atoms with E-state index >= 15 is 0 Å². The number of aryl methyl sites for hydroxylation is 1. The molecule has 1 atom stereocenters. The number of hydrogen-bond acceptors (Lipinski definition) is 5. The van der Waals surface area contributed by atoms with Gasteiger partial charge in [0.25, 0.3) is 0 Å². The van der Waals surface area contributed by atoms with Crippen molar-refractivity contribution in [1.82, 2.24) is 15.3 Å². The summed E-state index contributed by atoms with van der Waals surface area (Å²) in [7, 11) is 0. The molecule has 0 radical (unpaired) electrons. The molecule has 3 heterocycles. The zero-order valence-corrected chi connectivity index (χ0v) is 19.8. The number of nitrogens with one attached hydrogen (secondary N) is 1. The highest BCUT2D eigenvalue weighted by Crippen LogP contribution is 2.51. The van der Waals surface area contributed by atoms with E-state index in [4.69, 9.17) is 10.7 Å². The summed E-state index contributed by atoms with van der Waals surface area (Å²) < 4.78 is 0. The fourth-order valence-electron chi connectivity index (χ4n) is 5.40. The quantitative estimate of drug-likeness (QED) is 0.705. The Morgan fingerprint density at radius 1 is 1.17 bits per heavy atom. The number of piperidine rings is 1. The van der Waals surface area contributed by atoms with Crippen molar-refractivity contribution >= 4 is 48.7 Å². The van der Waals surface area contributed by atoms with Crippen molar-refractivity contribution in [2.45, 2.75) is 50.4 Å². The third-order valence-electron chi connectivity index (χ3n) is 6.89. The Bertz CT molecular complexity index is 870. The zero-order chi connectivity index (χ0) is 18.4. The number of nitrogens with two attached hydrogens (primary N) is 1. The molecule has 8 heteroatoms. The van der Waals surface area contributed by atoms with Gasteiger partial charge in [0.05, 0.1) is 0 Å². The van der Waals surface area contributed by atoms with E-state index in [0.29, 0.717) is 12.5 Å². The summed E-state index contributed by atoms with van der Waals surface area (Å²) in [5, 5.41) is 3.55. The molecule has 3 N–H and O–H groups in total. The lowest BCUT2D eigenvalue weighted by molar-refractivity contribution is 0.329. The number of benzene rings is 1. The van der Waals surface area contributed by atoms with Gasteiger partial charge in [-0.2, -0.15) is 0 Å². The number of aromatic nitrogens is 2. The second-order valence-corrected chi connectivity index (χ2v) is 8.50. The van der Waals surface area contributed by atoms with E-state index < -0.39 is 0 Å². The smallest absolute Gasteiger partial charge is 0.140 e. The van der Waals surface area contributed by atoms with Gasteiger partial charge >= 0.3 is 0 Å². The van der Waals surface area contributed by atoms with E-state index in [0.717, 1.165) is 38.3 Å². The molecule has 1 fully saturated rings. The second-order valence-electron chi connectivity index (χ2n) is 8.50. The Hall–Kier alpha value is -1.11. The van der Waals surface area contributed by atoms with Crippen LogP contribution >= 0.6 is 37.2 Å². The summed E-state index contributed by atoms with van der Waals surface area (Å²) >= 11 is 0. The van der Waals surface area contributed by atoms with Gasteiger partial charge in [-0.15, -0.1) is 37.2 Å². The van der Waals surface area contributed by atoms with Crippen LogP contribution in [0.25, 0.3) is 0 Å². The van der Waals surface area contributed by atoms with Crippen molar-refractivity contribution in [2.24, 2.45) is 5.73 Å². The molecule has 3 aliphatic rings. The Morgan fingerprint density at radius 2 is 1.93 bits per heavy atom. The van der Waals surface area contributed by atoms with E-state index in [-0.39, 0.29) is 42.6 Å². The molecular weight excluding hydrogens is 441 g/mol. The predicted octanol–water partition coefficient (Wildman–Crippen LogP) is 4.07. The Balaban J connectivity index is 0.00000107. The van der Waals surface area contributed by atoms with Crippen LogP contribution in [0.1, 0.15) is 54.5 Å². The van der Waals surface area contributed by atoms with Crippen LogP contribution in [0.4, 0.5) is 11.5 Å².